The van der Waals surface area contributed by atoms with Crippen LogP contribution in [0, 0.1) is 17.7 Å². The van der Waals surface area contributed by atoms with Crippen molar-refractivity contribution in [3.63, 3.8) is 0 Å². The Morgan fingerprint density at radius 3 is 2.81 bits per heavy atom. The number of benzene rings is 1. The largest absolute Gasteiger partial charge is 0.395 e. The van der Waals surface area contributed by atoms with Gasteiger partial charge in [0.25, 0.3) is 0 Å². The molecule has 7 heteroatoms. The van der Waals surface area contributed by atoms with Crippen molar-refractivity contribution >= 4 is 10.0 Å². The number of hydrogen-bond acceptors (Lipinski definition) is 4. The maximum atomic E-state index is 13.8. The van der Waals surface area contributed by atoms with Crippen molar-refractivity contribution in [2.45, 2.75) is 18.2 Å². The number of hydrogen-bond donors (Lipinski definition) is 2. The van der Waals surface area contributed by atoms with Gasteiger partial charge in [-0.15, -0.1) is 0 Å². The summed E-state index contributed by atoms with van der Waals surface area (Å²) in [5, 5.41) is 8.59. The maximum absolute atomic E-state index is 13.8. The van der Waals surface area contributed by atoms with Gasteiger partial charge in [-0.05, 0) is 25.1 Å². The molecule has 0 amide bonds. The third-order valence-electron chi connectivity index (χ3n) is 2.45. The van der Waals surface area contributed by atoms with Crippen LogP contribution in [0.4, 0.5) is 4.39 Å². The third-order valence-corrected chi connectivity index (χ3v) is 3.91. The van der Waals surface area contributed by atoms with E-state index >= 15 is 0 Å². The zero-order valence-electron chi connectivity index (χ0n) is 11.7. The minimum atomic E-state index is -3.76. The first kappa shape index (κ1) is 17.6. The van der Waals surface area contributed by atoms with Crippen LogP contribution in [-0.2, 0) is 14.8 Å². The highest BCUT2D eigenvalue weighted by Gasteiger charge is 2.15. The molecule has 0 aliphatic carbocycles. The van der Waals surface area contributed by atoms with Gasteiger partial charge in [0.1, 0.15) is 5.82 Å². The van der Waals surface area contributed by atoms with Crippen molar-refractivity contribution in [1.29, 1.82) is 0 Å². The summed E-state index contributed by atoms with van der Waals surface area (Å²) >= 11 is 0. The molecule has 0 radical (unpaired) electrons. The zero-order chi connectivity index (χ0) is 15.7. The van der Waals surface area contributed by atoms with Crippen LogP contribution < -0.4 is 4.72 Å². The van der Waals surface area contributed by atoms with E-state index in [9.17, 15) is 12.8 Å². The lowest BCUT2D eigenvalue weighted by Gasteiger charge is -2.07. The molecule has 21 heavy (non-hydrogen) atoms. The number of halogens is 1. The summed E-state index contributed by atoms with van der Waals surface area (Å²) in [6.45, 7) is 2.57. The van der Waals surface area contributed by atoms with E-state index in [4.69, 9.17) is 9.84 Å². The Kier molecular flexibility index (Phi) is 7.32. The quantitative estimate of drug-likeness (QED) is 0.578. The van der Waals surface area contributed by atoms with Crippen molar-refractivity contribution in [1.82, 2.24) is 4.72 Å². The Morgan fingerprint density at radius 1 is 1.43 bits per heavy atom. The van der Waals surface area contributed by atoms with Crippen LogP contribution in [0.25, 0.3) is 0 Å². The molecule has 0 aliphatic heterocycles. The highest BCUT2D eigenvalue weighted by molar-refractivity contribution is 7.89. The fourth-order valence-corrected chi connectivity index (χ4v) is 2.48. The van der Waals surface area contributed by atoms with Crippen molar-refractivity contribution < 1.29 is 22.7 Å². The van der Waals surface area contributed by atoms with Crippen LogP contribution in [0.3, 0.4) is 0 Å². The van der Waals surface area contributed by atoms with Crippen LogP contribution in [0.15, 0.2) is 23.1 Å². The molecule has 1 aromatic carbocycles. The summed E-state index contributed by atoms with van der Waals surface area (Å²) in [7, 11) is -3.76. The average molecular weight is 315 g/mol. The SMILES string of the molecule is CCOCCNS(=O)(=O)c1ccc(C#CCCO)c(F)c1. The predicted octanol–water partition coefficient (Wildman–Crippen LogP) is 0.874. The standard InChI is InChI=1S/C14H18FNO4S/c1-2-20-10-8-16-21(18,19)13-7-6-12(14(15)11-13)5-3-4-9-17/h6-7,11,16-17H,2,4,8-10H2,1H3. The third kappa shape index (κ3) is 5.81. The summed E-state index contributed by atoms with van der Waals surface area (Å²) < 4.78 is 44.9. The fourth-order valence-electron chi connectivity index (χ4n) is 1.45. The lowest BCUT2D eigenvalue weighted by molar-refractivity contribution is 0.153. The molecule has 1 aromatic rings. The highest BCUT2D eigenvalue weighted by atomic mass is 32.2. The van der Waals surface area contributed by atoms with E-state index in [1.807, 2.05) is 0 Å². The molecule has 0 aromatic heterocycles. The van der Waals surface area contributed by atoms with Crippen LogP contribution in [-0.4, -0.2) is 39.9 Å². The Hall–Kier alpha value is -1.46. The van der Waals surface area contributed by atoms with Gasteiger partial charge in [0.05, 0.1) is 23.7 Å². The molecule has 0 fully saturated rings. The molecule has 0 heterocycles. The van der Waals surface area contributed by atoms with Crippen LogP contribution >= 0.6 is 0 Å². The van der Waals surface area contributed by atoms with Crippen LogP contribution in [0.5, 0.6) is 0 Å². The molecule has 0 spiro atoms. The molecule has 0 saturated heterocycles. The Labute approximate surface area is 124 Å². The van der Waals surface area contributed by atoms with Gasteiger partial charge in [-0.1, -0.05) is 11.8 Å². The minimum absolute atomic E-state index is 0.0942. The van der Waals surface area contributed by atoms with Gasteiger partial charge in [-0.25, -0.2) is 17.5 Å². The molecule has 2 N–H and O–H groups in total. The van der Waals surface area contributed by atoms with Crippen molar-refractivity contribution in [2.24, 2.45) is 0 Å². The molecule has 0 bridgehead atoms. The van der Waals surface area contributed by atoms with Gasteiger partial charge in [-0.2, -0.15) is 0 Å². The van der Waals surface area contributed by atoms with E-state index in [0.29, 0.717) is 6.61 Å². The Balaban J connectivity index is 2.80. The number of rotatable bonds is 7. The second-order valence-corrected chi connectivity index (χ2v) is 5.78. The Morgan fingerprint density at radius 2 is 2.19 bits per heavy atom. The molecule has 1 rings (SSSR count). The summed E-state index contributed by atoms with van der Waals surface area (Å²) in [4.78, 5) is -0.163. The van der Waals surface area contributed by atoms with E-state index in [2.05, 4.69) is 16.6 Å². The van der Waals surface area contributed by atoms with E-state index in [1.165, 1.54) is 12.1 Å². The molecular weight excluding hydrogens is 297 g/mol. The molecule has 0 aliphatic rings. The van der Waals surface area contributed by atoms with Gasteiger partial charge in [-0.3, -0.25) is 0 Å². The summed E-state index contributed by atoms with van der Waals surface area (Å²) in [5.41, 5.74) is 0.0942. The van der Waals surface area contributed by atoms with Crippen LogP contribution in [0.1, 0.15) is 18.9 Å². The highest BCUT2D eigenvalue weighted by Crippen LogP contribution is 2.14. The van der Waals surface area contributed by atoms with Crippen molar-refractivity contribution in [3.8, 4) is 11.8 Å². The molecule has 0 unspecified atom stereocenters. The van der Waals surface area contributed by atoms with Gasteiger partial charge < -0.3 is 9.84 Å². The summed E-state index contributed by atoms with van der Waals surface area (Å²) in [5.74, 6) is 4.39. The monoisotopic (exact) mass is 315 g/mol. The molecule has 116 valence electrons. The van der Waals surface area contributed by atoms with Gasteiger partial charge in [0.2, 0.25) is 10.0 Å². The van der Waals surface area contributed by atoms with Gasteiger partial charge in [0, 0.05) is 19.6 Å². The molecule has 0 saturated carbocycles. The van der Waals surface area contributed by atoms with Crippen molar-refractivity contribution in [3.05, 3.63) is 29.6 Å². The number of nitrogens with one attached hydrogen (secondary N) is 1. The van der Waals surface area contributed by atoms with E-state index in [1.54, 1.807) is 6.92 Å². The molecule has 0 atom stereocenters. The molecular formula is C14H18FNO4S. The molecule has 5 nitrogen and oxygen atoms in total. The topological polar surface area (TPSA) is 75.6 Å². The predicted molar refractivity (Wildman–Crippen MR) is 76.7 cm³/mol. The zero-order valence-corrected chi connectivity index (χ0v) is 12.5. The second kappa shape index (κ2) is 8.74. The van der Waals surface area contributed by atoms with E-state index in [0.717, 1.165) is 6.07 Å². The minimum Gasteiger partial charge on any atom is -0.395 e. The van der Waals surface area contributed by atoms with Crippen LogP contribution in [0.2, 0.25) is 0 Å². The Bertz CT molecular complexity index is 620. The first-order valence-electron chi connectivity index (χ1n) is 6.48. The number of aliphatic hydroxyl groups is 1. The van der Waals surface area contributed by atoms with E-state index in [-0.39, 0.29) is 36.6 Å². The summed E-state index contributed by atoms with van der Waals surface area (Å²) in [6, 6.07) is 3.51. The number of ether oxygens (including phenoxy) is 1. The summed E-state index contributed by atoms with van der Waals surface area (Å²) in [6.07, 6.45) is 0.235. The van der Waals surface area contributed by atoms with Crippen molar-refractivity contribution in [2.75, 3.05) is 26.4 Å². The smallest absolute Gasteiger partial charge is 0.240 e. The average Bonchev–Trinajstić information content (AvgIpc) is 2.45. The second-order valence-electron chi connectivity index (χ2n) is 4.01. The first-order valence-corrected chi connectivity index (χ1v) is 7.96. The van der Waals surface area contributed by atoms with E-state index < -0.39 is 15.8 Å². The lowest BCUT2D eigenvalue weighted by atomic mass is 10.2. The normalized spacial score (nSPS) is 11.0. The number of aliphatic hydroxyl groups excluding tert-OH is 1. The fraction of sp³-hybridized carbons (Fsp3) is 0.429. The van der Waals surface area contributed by atoms with Gasteiger partial charge >= 0.3 is 0 Å². The number of sulfonamides is 1. The first-order chi connectivity index (χ1) is 10.0. The lowest BCUT2D eigenvalue weighted by Crippen LogP contribution is -2.27. The van der Waals surface area contributed by atoms with Gasteiger partial charge in [0.15, 0.2) is 0 Å². The maximum Gasteiger partial charge on any atom is 0.240 e.